The molecule has 8 heteroatoms. The lowest BCUT2D eigenvalue weighted by Gasteiger charge is -2.36. The van der Waals surface area contributed by atoms with E-state index >= 15 is 0 Å². The summed E-state index contributed by atoms with van der Waals surface area (Å²) in [6, 6.07) is 22.7. The fraction of sp³-hybridized carbons (Fsp3) is 0.250. The Morgan fingerprint density at radius 1 is 1.11 bits per heavy atom. The zero-order valence-corrected chi connectivity index (χ0v) is 19.9. The number of methoxy groups -OCH3 is 1. The predicted molar refractivity (Wildman–Crippen MR) is 134 cm³/mol. The fourth-order valence-corrected chi connectivity index (χ4v) is 4.64. The van der Waals surface area contributed by atoms with E-state index in [9.17, 15) is 9.18 Å². The van der Waals surface area contributed by atoms with Gasteiger partial charge in [-0.25, -0.2) is 4.39 Å². The largest absolute Gasteiger partial charge is 0.497 e. The Morgan fingerprint density at radius 2 is 1.92 bits per heavy atom. The number of hydrogen-bond donors (Lipinski definition) is 1. The molecule has 5 rings (SSSR count). The van der Waals surface area contributed by atoms with E-state index < -0.39 is 6.04 Å². The summed E-state index contributed by atoms with van der Waals surface area (Å²) in [5.41, 5.74) is 2.18. The molecular weight excluding hydrogens is 459 g/mol. The van der Waals surface area contributed by atoms with Gasteiger partial charge >= 0.3 is 0 Å². The number of ether oxygens (including phenoxy) is 1. The van der Waals surface area contributed by atoms with Crippen LogP contribution in [0.15, 0.2) is 83.4 Å². The first-order valence-corrected chi connectivity index (χ1v) is 11.9. The van der Waals surface area contributed by atoms with Crippen LogP contribution in [-0.2, 0) is 4.79 Å². The number of benzene rings is 3. The van der Waals surface area contributed by atoms with Gasteiger partial charge < -0.3 is 14.6 Å². The Kier molecular flexibility index (Phi) is 7.04. The van der Waals surface area contributed by atoms with E-state index in [1.54, 1.807) is 19.2 Å². The fourth-order valence-electron chi connectivity index (χ4n) is 4.64. The highest BCUT2D eigenvalue weighted by Gasteiger charge is 2.34. The van der Waals surface area contributed by atoms with E-state index in [1.807, 2.05) is 54.6 Å². The van der Waals surface area contributed by atoms with Gasteiger partial charge in [-0.3, -0.25) is 9.69 Å². The molecule has 3 aromatic carbocycles. The zero-order valence-electron chi connectivity index (χ0n) is 19.9. The van der Waals surface area contributed by atoms with Gasteiger partial charge in [-0.15, -0.1) is 0 Å². The molecule has 7 nitrogen and oxygen atoms in total. The molecule has 0 spiro atoms. The molecular formula is C28H27FN4O3. The number of anilines is 1. The molecule has 1 fully saturated rings. The van der Waals surface area contributed by atoms with E-state index in [0.717, 1.165) is 30.7 Å². The van der Waals surface area contributed by atoms with Crippen LogP contribution >= 0.6 is 0 Å². The molecule has 0 radical (unpaired) electrons. The summed E-state index contributed by atoms with van der Waals surface area (Å²) < 4.78 is 24.5. The van der Waals surface area contributed by atoms with Gasteiger partial charge in [0, 0.05) is 17.8 Å². The van der Waals surface area contributed by atoms with E-state index in [-0.39, 0.29) is 17.6 Å². The summed E-state index contributed by atoms with van der Waals surface area (Å²) in [4.78, 5) is 20.3. The third kappa shape index (κ3) is 5.28. The van der Waals surface area contributed by atoms with Crippen molar-refractivity contribution in [3.8, 4) is 17.1 Å². The highest BCUT2D eigenvalue weighted by Crippen LogP contribution is 2.33. The number of likely N-dealkylation sites (tertiary alicyclic amines) is 1. The molecule has 0 bridgehead atoms. The lowest BCUT2D eigenvalue weighted by Crippen LogP contribution is -2.42. The molecule has 1 N–H and O–H groups in total. The monoisotopic (exact) mass is 486 g/mol. The van der Waals surface area contributed by atoms with Crippen LogP contribution in [0.4, 0.5) is 10.1 Å². The number of hydrogen-bond acceptors (Lipinski definition) is 6. The molecule has 36 heavy (non-hydrogen) atoms. The van der Waals surface area contributed by atoms with Crippen LogP contribution in [0.25, 0.3) is 11.4 Å². The zero-order chi connectivity index (χ0) is 24.9. The van der Waals surface area contributed by atoms with Crippen molar-refractivity contribution in [1.82, 2.24) is 15.0 Å². The van der Waals surface area contributed by atoms with E-state index in [2.05, 4.69) is 20.4 Å². The second-order valence-electron chi connectivity index (χ2n) is 8.83. The first kappa shape index (κ1) is 23.7. The molecule has 2 atom stereocenters. The first-order chi connectivity index (χ1) is 17.6. The van der Waals surface area contributed by atoms with Crippen LogP contribution in [0.2, 0.25) is 0 Å². The van der Waals surface area contributed by atoms with Crippen LogP contribution in [0.5, 0.6) is 5.75 Å². The lowest BCUT2D eigenvalue weighted by atomic mass is 9.94. The van der Waals surface area contributed by atoms with E-state index in [0.29, 0.717) is 29.5 Å². The molecule has 0 saturated carbocycles. The molecule has 0 aliphatic carbocycles. The third-order valence-corrected chi connectivity index (χ3v) is 6.41. The van der Waals surface area contributed by atoms with Crippen LogP contribution in [0.3, 0.4) is 0 Å². The molecule has 1 aliphatic rings. The summed E-state index contributed by atoms with van der Waals surface area (Å²) in [6.45, 7) is 1.34. The van der Waals surface area contributed by atoms with Crippen molar-refractivity contribution < 1.29 is 18.4 Å². The van der Waals surface area contributed by atoms with Crippen molar-refractivity contribution in [1.29, 1.82) is 0 Å². The number of nitrogens with zero attached hydrogens (tertiary/aromatic N) is 3. The Hall–Kier alpha value is -4.04. The summed E-state index contributed by atoms with van der Waals surface area (Å²) in [5.74, 6) is 1.09. The van der Waals surface area contributed by atoms with Crippen LogP contribution in [0, 0.1) is 5.82 Å². The third-order valence-electron chi connectivity index (χ3n) is 6.41. The van der Waals surface area contributed by atoms with Crippen LogP contribution < -0.4 is 10.1 Å². The quantitative estimate of drug-likeness (QED) is 0.375. The van der Waals surface area contributed by atoms with Gasteiger partial charge in [-0.05, 0) is 61.3 Å². The molecule has 1 aromatic heterocycles. The Bertz CT molecular complexity index is 1310. The van der Waals surface area contributed by atoms with Gasteiger partial charge in [0.2, 0.25) is 17.6 Å². The molecule has 2 heterocycles. The molecule has 184 valence electrons. The predicted octanol–water partition coefficient (Wildman–Crippen LogP) is 5.44. The molecule has 1 saturated heterocycles. The molecule has 1 amide bonds. The minimum Gasteiger partial charge on any atom is -0.497 e. The van der Waals surface area contributed by atoms with Crippen LogP contribution in [-0.4, -0.2) is 41.1 Å². The first-order valence-electron chi connectivity index (χ1n) is 11.9. The number of amides is 1. The average molecular weight is 487 g/mol. The normalized spacial score (nSPS) is 16.9. The van der Waals surface area contributed by atoms with Crippen molar-refractivity contribution in [2.45, 2.75) is 24.8 Å². The Morgan fingerprint density at radius 3 is 2.67 bits per heavy atom. The van der Waals surface area contributed by atoms with Gasteiger partial charge in [-0.1, -0.05) is 47.6 Å². The summed E-state index contributed by atoms with van der Waals surface area (Å²) in [6.07, 6.45) is 1.74. The van der Waals surface area contributed by atoms with Gasteiger partial charge in [0.05, 0.1) is 13.0 Å². The minimum atomic E-state index is -0.485. The standard InChI is InChI=1S/C28H27FN4O3/c1-35-24-14-12-23(13-15-24)30-27(34)25(19-7-3-2-4-8-19)33-16-6-10-21(18-33)28-31-26(32-36-28)20-9-5-11-22(29)17-20/h2-5,7-9,11-15,17,21,25H,6,10,16,18H2,1H3,(H,30,34). The number of piperidine rings is 1. The maximum atomic E-state index is 13.6. The number of halogens is 1. The number of carbonyl (C=O) groups is 1. The smallest absolute Gasteiger partial charge is 0.246 e. The van der Waals surface area contributed by atoms with Gasteiger partial charge in [0.1, 0.15) is 17.6 Å². The lowest BCUT2D eigenvalue weighted by molar-refractivity contribution is -0.122. The van der Waals surface area contributed by atoms with Gasteiger partial charge in [-0.2, -0.15) is 4.98 Å². The highest BCUT2D eigenvalue weighted by molar-refractivity contribution is 5.95. The van der Waals surface area contributed by atoms with E-state index in [1.165, 1.54) is 12.1 Å². The minimum absolute atomic E-state index is 0.0337. The maximum absolute atomic E-state index is 13.6. The van der Waals surface area contributed by atoms with Crippen molar-refractivity contribution >= 4 is 11.6 Å². The second-order valence-corrected chi connectivity index (χ2v) is 8.83. The number of nitrogens with one attached hydrogen (secondary N) is 1. The Balaban J connectivity index is 1.37. The highest BCUT2D eigenvalue weighted by atomic mass is 19.1. The SMILES string of the molecule is COc1ccc(NC(=O)C(c2ccccc2)N2CCCC(c3nc(-c4cccc(F)c4)no3)C2)cc1. The van der Waals surface area contributed by atoms with Gasteiger partial charge in [0.15, 0.2) is 0 Å². The van der Waals surface area contributed by atoms with E-state index in [4.69, 9.17) is 9.26 Å². The topological polar surface area (TPSA) is 80.5 Å². The second kappa shape index (κ2) is 10.7. The summed E-state index contributed by atoms with van der Waals surface area (Å²) >= 11 is 0. The van der Waals surface area contributed by atoms with Crippen molar-refractivity contribution in [2.75, 3.05) is 25.5 Å². The van der Waals surface area contributed by atoms with Crippen molar-refractivity contribution in [3.05, 3.63) is 96.1 Å². The Labute approximate surface area is 208 Å². The van der Waals surface area contributed by atoms with Gasteiger partial charge in [0.25, 0.3) is 0 Å². The number of carbonyl (C=O) groups excluding carboxylic acids is 1. The van der Waals surface area contributed by atoms with Crippen molar-refractivity contribution in [3.63, 3.8) is 0 Å². The summed E-state index contributed by atoms with van der Waals surface area (Å²) in [5, 5.41) is 7.13. The maximum Gasteiger partial charge on any atom is 0.246 e. The number of aromatic nitrogens is 2. The summed E-state index contributed by atoms with van der Waals surface area (Å²) in [7, 11) is 1.61. The molecule has 2 unspecified atom stereocenters. The van der Waals surface area contributed by atoms with Crippen LogP contribution in [0.1, 0.15) is 36.3 Å². The number of rotatable bonds is 7. The average Bonchev–Trinajstić information content (AvgIpc) is 3.41. The molecule has 1 aliphatic heterocycles. The van der Waals surface area contributed by atoms with Crippen molar-refractivity contribution in [2.24, 2.45) is 0 Å². The molecule has 4 aromatic rings.